The lowest BCUT2D eigenvalue weighted by Crippen LogP contribution is -2.51. The molecule has 3 heterocycles. The molecule has 2 aliphatic rings. The van der Waals surface area contributed by atoms with Gasteiger partial charge in [-0.25, -0.2) is 0 Å². The summed E-state index contributed by atoms with van der Waals surface area (Å²) in [6, 6.07) is 7.57. The van der Waals surface area contributed by atoms with Crippen LogP contribution in [0.25, 0.3) is 0 Å². The minimum atomic E-state index is 0.0467. The molecule has 2 amide bonds. The molecule has 0 atom stereocenters. The minimum absolute atomic E-state index is 0.0467. The Morgan fingerprint density at radius 2 is 1.71 bits per heavy atom. The van der Waals surface area contributed by atoms with Gasteiger partial charge in [-0.15, -0.1) is 0 Å². The maximum absolute atomic E-state index is 12.9. The maximum Gasteiger partial charge on any atom is 0.257 e. The second-order valence-electron chi connectivity index (χ2n) is 7.38. The van der Waals surface area contributed by atoms with Crippen LogP contribution in [0.2, 0.25) is 0 Å². The first-order chi connectivity index (χ1) is 13.7. The first-order valence-corrected chi connectivity index (χ1v) is 9.90. The molecule has 0 bridgehead atoms. The van der Waals surface area contributed by atoms with Crippen molar-refractivity contribution >= 4 is 11.8 Å². The number of aromatic nitrogens is 2. The summed E-state index contributed by atoms with van der Waals surface area (Å²) in [5, 5.41) is 4.37. The van der Waals surface area contributed by atoms with Gasteiger partial charge in [0.1, 0.15) is 5.75 Å². The van der Waals surface area contributed by atoms with Crippen molar-refractivity contribution in [1.29, 1.82) is 0 Å². The van der Waals surface area contributed by atoms with E-state index in [1.54, 1.807) is 13.3 Å². The number of nitrogens with zero attached hydrogens (tertiary/aromatic N) is 4. The molecule has 2 aromatic rings. The predicted octanol–water partition coefficient (Wildman–Crippen LogP) is 1.76. The third-order valence-electron chi connectivity index (χ3n) is 5.65. The van der Waals surface area contributed by atoms with E-state index in [4.69, 9.17) is 4.74 Å². The van der Waals surface area contributed by atoms with Crippen LogP contribution in [-0.2, 0) is 24.2 Å². The monoisotopic (exact) mass is 382 g/mol. The van der Waals surface area contributed by atoms with Crippen LogP contribution in [0, 0.1) is 0 Å². The Morgan fingerprint density at radius 1 is 1.00 bits per heavy atom. The second-order valence-corrected chi connectivity index (χ2v) is 7.38. The molecule has 148 valence electrons. The van der Waals surface area contributed by atoms with Gasteiger partial charge in [0.05, 0.1) is 31.0 Å². The van der Waals surface area contributed by atoms with Crippen molar-refractivity contribution in [3.8, 4) is 5.75 Å². The predicted molar refractivity (Wildman–Crippen MR) is 104 cm³/mol. The van der Waals surface area contributed by atoms with Gasteiger partial charge in [0.15, 0.2) is 0 Å². The summed E-state index contributed by atoms with van der Waals surface area (Å²) < 4.78 is 7.11. The van der Waals surface area contributed by atoms with E-state index in [9.17, 15) is 9.59 Å². The fraction of sp³-hybridized carbons (Fsp3) is 0.476. The molecule has 28 heavy (non-hydrogen) atoms. The van der Waals surface area contributed by atoms with Crippen molar-refractivity contribution in [2.45, 2.75) is 32.2 Å². The van der Waals surface area contributed by atoms with Crippen LogP contribution in [0.4, 0.5) is 0 Å². The number of rotatable bonds is 4. The number of ether oxygens (including phenoxy) is 1. The van der Waals surface area contributed by atoms with Gasteiger partial charge in [-0.3, -0.25) is 14.3 Å². The number of carbonyl (C=O) groups is 2. The van der Waals surface area contributed by atoms with E-state index < -0.39 is 0 Å². The Kier molecular flexibility index (Phi) is 5.32. The topological polar surface area (TPSA) is 67.7 Å². The smallest absolute Gasteiger partial charge is 0.257 e. The Bertz CT molecular complexity index is 851. The van der Waals surface area contributed by atoms with Gasteiger partial charge in [-0.1, -0.05) is 12.1 Å². The Hall–Kier alpha value is -2.83. The Morgan fingerprint density at radius 3 is 2.43 bits per heavy atom. The van der Waals surface area contributed by atoms with Crippen LogP contribution in [0.3, 0.4) is 0 Å². The Balaban J connectivity index is 1.33. The molecule has 2 aliphatic heterocycles. The van der Waals surface area contributed by atoms with Crippen molar-refractivity contribution in [2.24, 2.45) is 0 Å². The number of hydrogen-bond donors (Lipinski definition) is 0. The molecule has 7 nitrogen and oxygen atoms in total. The van der Waals surface area contributed by atoms with Gasteiger partial charge >= 0.3 is 0 Å². The minimum Gasteiger partial charge on any atom is -0.497 e. The standard InChI is InChI=1S/C21H26N4O3/c1-28-17-7-5-16(6-8-17)14-20(26)23-10-12-24(13-11-23)21(27)18-15-22-25-9-3-2-4-19(18)25/h5-8,15H,2-4,9-14H2,1H3. The quantitative estimate of drug-likeness (QED) is 0.808. The van der Waals surface area contributed by atoms with Crippen LogP contribution < -0.4 is 4.74 Å². The molecule has 1 fully saturated rings. The summed E-state index contributed by atoms with van der Waals surface area (Å²) in [5.74, 6) is 0.927. The van der Waals surface area contributed by atoms with Gasteiger partial charge in [-0.2, -0.15) is 5.10 Å². The van der Waals surface area contributed by atoms with Crippen LogP contribution in [-0.4, -0.2) is 64.7 Å². The summed E-state index contributed by atoms with van der Waals surface area (Å²) in [6.45, 7) is 3.18. The third kappa shape index (κ3) is 3.74. The number of aryl methyl sites for hydroxylation is 1. The largest absolute Gasteiger partial charge is 0.497 e. The molecule has 0 N–H and O–H groups in total. The number of piperazine rings is 1. The second kappa shape index (κ2) is 8.04. The molecule has 7 heteroatoms. The zero-order chi connectivity index (χ0) is 19.5. The highest BCUT2D eigenvalue weighted by Crippen LogP contribution is 2.20. The van der Waals surface area contributed by atoms with Gasteiger partial charge < -0.3 is 14.5 Å². The van der Waals surface area contributed by atoms with E-state index in [1.165, 1.54) is 0 Å². The van der Waals surface area contributed by atoms with Gasteiger partial charge in [-0.05, 0) is 37.0 Å². The van der Waals surface area contributed by atoms with Gasteiger partial charge in [0.25, 0.3) is 5.91 Å². The molecular formula is C21H26N4O3. The average Bonchev–Trinajstić information content (AvgIpc) is 3.18. The molecule has 0 radical (unpaired) electrons. The van der Waals surface area contributed by atoms with E-state index in [-0.39, 0.29) is 11.8 Å². The maximum atomic E-state index is 12.9. The van der Waals surface area contributed by atoms with Crippen molar-refractivity contribution in [2.75, 3.05) is 33.3 Å². The molecule has 0 aliphatic carbocycles. The lowest BCUT2D eigenvalue weighted by molar-refractivity contribution is -0.131. The normalized spacial score (nSPS) is 16.6. The molecule has 0 unspecified atom stereocenters. The zero-order valence-corrected chi connectivity index (χ0v) is 16.3. The van der Waals surface area contributed by atoms with E-state index in [0.29, 0.717) is 32.6 Å². The van der Waals surface area contributed by atoms with Crippen LogP contribution >= 0.6 is 0 Å². The van der Waals surface area contributed by atoms with E-state index in [2.05, 4.69) is 5.10 Å². The van der Waals surface area contributed by atoms with Crippen molar-refractivity contribution in [3.63, 3.8) is 0 Å². The first-order valence-electron chi connectivity index (χ1n) is 9.90. The van der Waals surface area contributed by atoms with Crippen molar-refractivity contribution in [1.82, 2.24) is 19.6 Å². The summed E-state index contributed by atoms with van der Waals surface area (Å²) >= 11 is 0. The highest BCUT2D eigenvalue weighted by atomic mass is 16.5. The fourth-order valence-electron chi connectivity index (χ4n) is 3.96. The van der Waals surface area contributed by atoms with Crippen LogP contribution in [0.15, 0.2) is 30.5 Å². The van der Waals surface area contributed by atoms with Gasteiger partial charge in [0, 0.05) is 32.7 Å². The SMILES string of the molecule is COc1ccc(CC(=O)N2CCN(C(=O)c3cnn4c3CCCC4)CC2)cc1. The number of methoxy groups -OCH3 is 1. The summed E-state index contributed by atoms with van der Waals surface area (Å²) in [6.07, 6.45) is 5.23. The highest BCUT2D eigenvalue weighted by molar-refractivity contribution is 5.95. The molecule has 1 saturated heterocycles. The van der Waals surface area contributed by atoms with E-state index >= 15 is 0 Å². The van der Waals surface area contributed by atoms with Gasteiger partial charge in [0.2, 0.25) is 5.91 Å². The molecule has 1 aromatic carbocycles. The fourth-order valence-corrected chi connectivity index (χ4v) is 3.96. The highest BCUT2D eigenvalue weighted by Gasteiger charge is 2.28. The lowest BCUT2D eigenvalue weighted by Gasteiger charge is -2.35. The summed E-state index contributed by atoms with van der Waals surface area (Å²) in [5.41, 5.74) is 2.77. The number of hydrogen-bond acceptors (Lipinski definition) is 4. The van der Waals surface area contributed by atoms with Crippen molar-refractivity contribution in [3.05, 3.63) is 47.3 Å². The summed E-state index contributed by atoms with van der Waals surface area (Å²) in [4.78, 5) is 29.2. The third-order valence-corrected chi connectivity index (χ3v) is 5.65. The summed E-state index contributed by atoms with van der Waals surface area (Å²) in [7, 11) is 1.63. The molecule has 0 spiro atoms. The van der Waals surface area contributed by atoms with Crippen LogP contribution in [0.1, 0.15) is 34.5 Å². The number of amides is 2. The van der Waals surface area contributed by atoms with E-state index in [0.717, 1.165) is 48.4 Å². The lowest BCUT2D eigenvalue weighted by atomic mass is 10.1. The van der Waals surface area contributed by atoms with E-state index in [1.807, 2.05) is 38.7 Å². The first kappa shape index (κ1) is 18.5. The Labute approximate surface area is 164 Å². The molecule has 1 aromatic heterocycles. The number of fused-ring (bicyclic) bond motifs is 1. The van der Waals surface area contributed by atoms with Crippen LogP contribution in [0.5, 0.6) is 5.75 Å². The number of benzene rings is 1. The average molecular weight is 382 g/mol. The molecule has 4 rings (SSSR count). The molecular weight excluding hydrogens is 356 g/mol. The molecule has 0 saturated carbocycles. The zero-order valence-electron chi connectivity index (χ0n) is 16.3. The number of carbonyl (C=O) groups excluding carboxylic acids is 2. The van der Waals surface area contributed by atoms with Crippen molar-refractivity contribution < 1.29 is 14.3 Å².